The van der Waals surface area contributed by atoms with Gasteiger partial charge in [0, 0.05) is 5.56 Å². The Morgan fingerprint density at radius 1 is 0.729 bits per heavy atom. The fraction of sp³-hybridized carbons (Fsp3) is 0.439. The average molecular weight is 654 g/mol. The molecule has 0 bridgehead atoms. The van der Waals surface area contributed by atoms with E-state index in [9.17, 15) is 14.9 Å². The summed E-state index contributed by atoms with van der Waals surface area (Å²) in [4.78, 5) is 26.2. The van der Waals surface area contributed by atoms with Gasteiger partial charge in [0.25, 0.3) is 0 Å². The summed E-state index contributed by atoms with van der Waals surface area (Å²) in [7, 11) is 0. The first-order valence-electron chi connectivity index (χ1n) is 17.5. The molecule has 0 atom stereocenters. The lowest BCUT2D eigenvalue weighted by molar-refractivity contribution is 0.0466. The van der Waals surface area contributed by atoms with Gasteiger partial charge in [-0.15, -0.1) is 6.58 Å². The molecule has 0 aliphatic rings. The minimum atomic E-state index is -0.636. The van der Waals surface area contributed by atoms with Crippen LogP contribution < -0.4 is 14.2 Å². The largest absolute Gasteiger partial charge is 0.494 e. The highest BCUT2D eigenvalue weighted by Crippen LogP contribution is 2.27. The molecule has 0 unspecified atom stereocenters. The Kier molecular flexibility index (Phi) is 18.1. The molecule has 0 aromatic heterocycles. The minimum Gasteiger partial charge on any atom is -0.494 e. The lowest BCUT2D eigenvalue weighted by Crippen LogP contribution is -2.12. The molecule has 7 heteroatoms. The molecule has 3 rings (SSSR count). The molecule has 3 aromatic carbocycles. The van der Waals surface area contributed by atoms with Gasteiger partial charge in [-0.25, -0.2) is 9.59 Å². The van der Waals surface area contributed by atoms with Crippen molar-refractivity contribution in [2.75, 3.05) is 13.2 Å². The third-order valence-corrected chi connectivity index (χ3v) is 8.04. The summed E-state index contributed by atoms with van der Waals surface area (Å²) in [5, 5.41) is 9.40. The highest BCUT2D eigenvalue weighted by Gasteiger charge is 2.19. The first kappa shape index (κ1) is 37.9. The second kappa shape index (κ2) is 22.9. The van der Waals surface area contributed by atoms with Crippen LogP contribution in [0.3, 0.4) is 0 Å². The van der Waals surface area contributed by atoms with Crippen LogP contribution in [0.25, 0.3) is 0 Å². The maximum Gasteiger partial charge on any atom is 0.343 e. The van der Waals surface area contributed by atoms with Crippen molar-refractivity contribution in [1.82, 2.24) is 0 Å². The Labute approximate surface area is 286 Å². The van der Waals surface area contributed by atoms with Gasteiger partial charge in [0.05, 0.1) is 30.4 Å². The second-order valence-electron chi connectivity index (χ2n) is 11.9. The number of unbranched alkanes of at least 4 members (excludes halogenated alkanes) is 12. The molecule has 0 heterocycles. The summed E-state index contributed by atoms with van der Waals surface area (Å²) in [6.45, 7) is 6.96. The molecule has 3 aromatic rings. The van der Waals surface area contributed by atoms with Crippen molar-refractivity contribution in [3.05, 3.63) is 102 Å². The van der Waals surface area contributed by atoms with Crippen LogP contribution in [-0.2, 0) is 11.3 Å². The Morgan fingerprint density at radius 3 is 2.04 bits per heavy atom. The third kappa shape index (κ3) is 14.0. The number of hydrogen-bond acceptors (Lipinski definition) is 7. The van der Waals surface area contributed by atoms with E-state index in [1.54, 1.807) is 60.7 Å². The van der Waals surface area contributed by atoms with Gasteiger partial charge in [0.2, 0.25) is 0 Å². The average Bonchev–Trinajstić information content (AvgIpc) is 3.11. The molecule has 0 radical (unpaired) electrons. The Bertz CT molecular complexity index is 1440. The van der Waals surface area contributed by atoms with Gasteiger partial charge in [-0.05, 0) is 74.2 Å². The van der Waals surface area contributed by atoms with Gasteiger partial charge >= 0.3 is 11.9 Å². The van der Waals surface area contributed by atoms with Crippen LogP contribution in [0.4, 0.5) is 0 Å². The normalized spacial score (nSPS) is 10.6. The van der Waals surface area contributed by atoms with Gasteiger partial charge < -0.3 is 18.9 Å². The van der Waals surface area contributed by atoms with Gasteiger partial charge in [-0.1, -0.05) is 95.4 Å². The van der Waals surface area contributed by atoms with Crippen molar-refractivity contribution in [2.24, 2.45) is 0 Å². The zero-order valence-corrected chi connectivity index (χ0v) is 28.6. The van der Waals surface area contributed by atoms with Crippen molar-refractivity contribution in [1.29, 1.82) is 5.26 Å². The predicted octanol–water partition coefficient (Wildman–Crippen LogP) is 10.6. The number of nitriles is 1. The number of carbonyl (C=O) groups is 2. The molecule has 256 valence electrons. The lowest BCUT2D eigenvalue weighted by atomic mass is 10.1. The van der Waals surface area contributed by atoms with E-state index in [-0.39, 0.29) is 17.9 Å². The molecule has 0 aliphatic heterocycles. The lowest BCUT2D eigenvalue weighted by Gasteiger charge is -2.14. The maximum absolute atomic E-state index is 13.3. The van der Waals surface area contributed by atoms with E-state index in [1.165, 1.54) is 57.4 Å². The molecule has 7 nitrogen and oxygen atoms in total. The Balaban J connectivity index is 1.55. The molecular weight excluding hydrogens is 602 g/mol. The first-order chi connectivity index (χ1) is 23.5. The monoisotopic (exact) mass is 653 g/mol. The molecule has 0 N–H and O–H groups in total. The van der Waals surface area contributed by atoms with Crippen molar-refractivity contribution < 1.29 is 28.5 Å². The number of ether oxygens (including phenoxy) is 4. The highest BCUT2D eigenvalue weighted by atomic mass is 16.5. The Hall–Kier alpha value is -4.57. The third-order valence-electron chi connectivity index (χ3n) is 8.04. The van der Waals surface area contributed by atoms with E-state index >= 15 is 0 Å². The minimum absolute atomic E-state index is 0.0751. The van der Waals surface area contributed by atoms with E-state index in [0.29, 0.717) is 41.4 Å². The molecule has 0 aliphatic carbocycles. The number of hydrogen-bond donors (Lipinski definition) is 0. The van der Waals surface area contributed by atoms with Crippen LogP contribution in [0.2, 0.25) is 0 Å². The van der Waals surface area contributed by atoms with E-state index in [0.717, 1.165) is 38.5 Å². The van der Waals surface area contributed by atoms with Crippen LogP contribution in [0.15, 0.2) is 79.4 Å². The van der Waals surface area contributed by atoms with Gasteiger partial charge in [-0.2, -0.15) is 5.26 Å². The zero-order valence-electron chi connectivity index (χ0n) is 28.6. The topological polar surface area (TPSA) is 94.8 Å². The summed E-state index contributed by atoms with van der Waals surface area (Å²) >= 11 is 0. The molecular formula is C41H51NO6. The molecule has 48 heavy (non-hydrogen) atoms. The summed E-state index contributed by atoms with van der Waals surface area (Å²) in [5.74, 6) is 0.0522. The van der Waals surface area contributed by atoms with Crippen LogP contribution in [0, 0.1) is 11.3 Å². The van der Waals surface area contributed by atoms with Gasteiger partial charge in [-0.3, -0.25) is 0 Å². The van der Waals surface area contributed by atoms with Gasteiger partial charge in [0.1, 0.15) is 29.4 Å². The van der Waals surface area contributed by atoms with E-state index < -0.39 is 11.9 Å². The van der Waals surface area contributed by atoms with Gasteiger partial charge in [0.15, 0.2) is 0 Å². The van der Waals surface area contributed by atoms with Crippen LogP contribution in [-0.4, -0.2) is 25.2 Å². The summed E-state index contributed by atoms with van der Waals surface area (Å²) in [6.07, 6.45) is 18.1. The smallest absolute Gasteiger partial charge is 0.343 e. The highest BCUT2D eigenvalue weighted by molar-refractivity contribution is 5.94. The SMILES string of the molecule is C=CCCCCCCCCCOc1ccc(C(=O)Oc2ccc(OCCCCCCCC)c(C(=O)OCc3ccccc3C#N)c2)cc1. The summed E-state index contributed by atoms with van der Waals surface area (Å²) in [5.41, 5.74) is 1.55. The standard InChI is InChI=1S/C41H51NO6/c1-3-5-7-9-11-12-13-15-18-28-45-36-24-22-33(23-25-36)40(43)48-37-26-27-39(46-29-19-14-10-8-6-4-2)38(30-37)41(44)47-32-35-21-17-16-20-34(35)31-42/h3,16-17,20-27,30H,1,4-15,18-19,28-29,32H2,2H3. The second-order valence-corrected chi connectivity index (χ2v) is 11.9. The summed E-state index contributed by atoms with van der Waals surface area (Å²) < 4.78 is 23.1. The number of benzene rings is 3. The molecule has 0 saturated heterocycles. The van der Waals surface area contributed by atoms with Crippen LogP contribution in [0.1, 0.15) is 129 Å². The maximum atomic E-state index is 13.3. The number of nitrogens with zero attached hydrogens (tertiary/aromatic N) is 1. The molecule has 0 saturated carbocycles. The van der Waals surface area contributed by atoms with E-state index in [1.807, 2.05) is 6.08 Å². The fourth-order valence-electron chi connectivity index (χ4n) is 5.22. The van der Waals surface area contributed by atoms with Crippen molar-refractivity contribution in [3.8, 4) is 23.3 Å². The van der Waals surface area contributed by atoms with E-state index in [2.05, 4.69) is 19.6 Å². The number of carbonyl (C=O) groups excluding carboxylic acids is 2. The van der Waals surface area contributed by atoms with Crippen LogP contribution >= 0.6 is 0 Å². The number of esters is 2. The number of allylic oxidation sites excluding steroid dienone is 1. The van der Waals surface area contributed by atoms with Crippen molar-refractivity contribution in [3.63, 3.8) is 0 Å². The van der Waals surface area contributed by atoms with Crippen molar-refractivity contribution >= 4 is 11.9 Å². The predicted molar refractivity (Wildman–Crippen MR) is 190 cm³/mol. The number of rotatable bonds is 24. The fourth-order valence-corrected chi connectivity index (χ4v) is 5.22. The van der Waals surface area contributed by atoms with E-state index in [4.69, 9.17) is 18.9 Å². The Morgan fingerprint density at radius 2 is 1.35 bits per heavy atom. The first-order valence-corrected chi connectivity index (χ1v) is 17.5. The van der Waals surface area contributed by atoms with Crippen LogP contribution in [0.5, 0.6) is 17.2 Å². The quantitative estimate of drug-likeness (QED) is 0.0411. The zero-order chi connectivity index (χ0) is 34.2. The molecule has 0 spiro atoms. The molecule has 0 fully saturated rings. The summed E-state index contributed by atoms with van der Waals surface area (Å²) in [6, 6.07) is 20.6. The molecule has 0 amide bonds. The van der Waals surface area contributed by atoms with Crippen molar-refractivity contribution in [2.45, 2.75) is 103 Å².